The first-order valence-corrected chi connectivity index (χ1v) is 7.18. The molecule has 0 unspecified atom stereocenters. The third-order valence-electron chi connectivity index (χ3n) is 4.10. The van der Waals surface area contributed by atoms with Crippen LogP contribution >= 0.6 is 0 Å². The number of benzene rings is 2. The minimum atomic E-state index is 0.969. The topological polar surface area (TPSA) is 30.7 Å². The first-order valence-electron chi connectivity index (χ1n) is 7.18. The summed E-state index contributed by atoms with van der Waals surface area (Å²) in [6, 6.07) is 12.7. The van der Waals surface area contributed by atoms with Crippen molar-refractivity contribution in [2.24, 2.45) is 7.05 Å². The van der Waals surface area contributed by atoms with Crippen molar-refractivity contribution >= 4 is 27.9 Å². The molecule has 22 heavy (non-hydrogen) atoms. The predicted octanol–water partition coefficient (Wildman–Crippen LogP) is 4.43. The van der Waals surface area contributed by atoms with Gasteiger partial charge in [-0.1, -0.05) is 36.9 Å². The lowest BCUT2D eigenvalue weighted by atomic mass is 9.99. The molecular weight excluding hydrogens is 270 g/mol. The van der Waals surface area contributed by atoms with Crippen molar-refractivity contribution in [3.63, 3.8) is 0 Å². The second-order valence-corrected chi connectivity index (χ2v) is 5.39. The molecule has 0 radical (unpaired) electrons. The highest BCUT2D eigenvalue weighted by Gasteiger charge is 2.12. The molecule has 0 saturated carbocycles. The van der Waals surface area contributed by atoms with Gasteiger partial charge in [-0.3, -0.25) is 0 Å². The zero-order chi connectivity index (χ0) is 15.1. The second-order valence-electron chi connectivity index (χ2n) is 5.39. The van der Waals surface area contributed by atoms with E-state index in [2.05, 4.69) is 70.8 Å². The number of hydrogen-bond acceptors (Lipinski definition) is 2. The van der Waals surface area contributed by atoms with Crippen LogP contribution in [0, 0.1) is 0 Å². The summed E-state index contributed by atoms with van der Waals surface area (Å²) in [4.78, 5) is 8.59. The number of fused-ring (bicyclic) bond motifs is 3. The summed E-state index contributed by atoms with van der Waals surface area (Å²) < 4.78 is 2.15. The molecule has 0 fully saturated rings. The van der Waals surface area contributed by atoms with Gasteiger partial charge in [-0.2, -0.15) is 0 Å². The predicted molar refractivity (Wildman–Crippen MR) is 91.5 cm³/mol. The SMILES string of the molecule is C=Cc1ccc(-c2cc3ncncc3c3ccn(C)c23)cc1. The summed E-state index contributed by atoms with van der Waals surface area (Å²) in [5, 5.41) is 2.27. The fraction of sp³-hybridized carbons (Fsp3) is 0.0526. The largest absolute Gasteiger partial charge is 0.350 e. The van der Waals surface area contributed by atoms with E-state index in [0.717, 1.165) is 16.5 Å². The Morgan fingerprint density at radius 1 is 1.09 bits per heavy atom. The van der Waals surface area contributed by atoms with E-state index in [9.17, 15) is 0 Å². The van der Waals surface area contributed by atoms with Gasteiger partial charge in [0.2, 0.25) is 0 Å². The van der Waals surface area contributed by atoms with Crippen LogP contribution in [0.5, 0.6) is 0 Å². The Morgan fingerprint density at radius 2 is 1.91 bits per heavy atom. The Balaban J connectivity index is 2.09. The number of aromatic nitrogens is 3. The van der Waals surface area contributed by atoms with Gasteiger partial charge in [0.1, 0.15) is 6.33 Å². The van der Waals surface area contributed by atoms with Crippen molar-refractivity contribution in [3.8, 4) is 11.1 Å². The van der Waals surface area contributed by atoms with Crippen LogP contribution in [0.2, 0.25) is 0 Å². The summed E-state index contributed by atoms with van der Waals surface area (Å²) in [7, 11) is 2.07. The first-order chi connectivity index (χ1) is 10.8. The van der Waals surface area contributed by atoms with Crippen LogP contribution in [0.15, 0.2) is 61.7 Å². The smallest absolute Gasteiger partial charge is 0.116 e. The highest BCUT2D eigenvalue weighted by molar-refractivity contribution is 6.11. The van der Waals surface area contributed by atoms with Crippen molar-refractivity contribution in [3.05, 3.63) is 67.3 Å². The Kier molecular flexibility index (Phi) is 2.79. The van der Waals surface area contributed by atoms with Gasteiger partial charge >= 0.3 is 0 Å². The molecule has 4 rings (SSSR count). The average molecular weight is 285 g/mol. The number of aryl methyl sites for hydroxylation is 1. The van der Waals surface area contributed by atoms with E-state index in [-0.39, 0.29) is 0 Å². The van der Waals surface area contributed by atoms with Gasteiger partial charge in [-0.05, 0) is 23.3 Å². The molecule has 2 aromatic heterocycles. The fourth-order valence-electron chi connectivity index (χ4n) is 2.97. The Labute approximate surface area is 128 Å². The van der Waals surface area contributed by atoms with E-state index < -0.39 is 0 Å². The second kappa shape index (κ2) is 4.81. The highest BCUT2D eigenvalue weighted by atomic mass is 14.9. The summed E-state index contributed by atoms with van der Waals surface area (Å²) >= 11 is 0. The van der Waals surface area contributed by atoms with Gasteiger partial charge in [0.25, 0.3) is 0 Å². The quantitative estimate of drug-likeness (QED) is 0.545. The molecule has 0 aliphatic heterocycles. The number of rotatable bonds is 2. The normalized spacial score (nSPS) is 11.1. The van der Waals surface area contributed by atoms with Gasteiger partial charge < -0.3 is 4.57 Å². The molecule has 0 aliphatic rings. The van der Waals surface area contributed by atoms with Gasteiger partial charge in [0.05, 0.1) is 11.0 Å². The Morgan fingerprint density at radius 3 is 2.68 bits per heavy atom. The van der Waals surface area contributed by atoms with Crippen molar-refractivity contribution in [1.29, 1.82) is 0 Å². The zero-order valence-electron chi connectivity index (χ0n) is 12.3. The van der Waals surface area contributed by atoms with E-state index in [4.69, 9.17) is 0 Å². The molecule has 0 atom stereocenters. The molecule has 3 heteroatoms. The summed E-state index contributed by atoms with van der Waals surface area (Å²) in [5.74, 6) is 0. The lowest BCUT2D eigenvalue weighted by Gasteiger charge is -2.09. The average Bonchev–Trinajstić information content (AvgIpc) is 2.97. The highest BCUT2D eigenvalue weighted by Crippen LogP contribution is 2.34. The van der Waals surface area contributed by atoms with Crippen LogP contribution in [0.1, 0.15) is 5.56 Å². The lowest BCUT2D eigenvalue weighted by molar-refractivity contribution is 0.970. The van der Waals surface area contributed by atoms with E-state index in [1.54, 1.807) is 6.33 Å². The van der Waals surface area contributed by atoms with Crippen LogP contribution < -0.4 is 0 Å². The molecule has 0 aliphatic carbocycles. The molecule has 0 saturated heterocycles. The summed E-state index contributed by atoms with van der Waals surface area (Å²) in [5.41, 5.74) is 5.65. The van der Waals surface area contributed by atoms with Crippen LogP contribution in [0.4, 0.5) is 0 Å². The standard InChI is InChI=1S/C19H15N3/c1-3-13-4-6-14(7-5-13)16-10-18-17(11-20-12-21-18)15-8-9-22(2)19(15)16/h3-12H,1H2,2H3. The number of nitrogens with zero attached hydrogens (tertiary/aromatic N) is 3. The molecule has 2 aromatic carbocycles. The van der Waals surface area contributed by atoms with E-state index in [0.29, 0.717) is 0 Å². The molecule has 0 bridgehead atoms. The van der Waals surface area contributed by atoms with E-state index in [1.165, 1.54) is 22.0 Å². The molecular formula is C19H15N3. The maximum Gasteiger partial charge on any atom is 0.116 e. The van der Waals surface area contributed by atoms with Crippen molar-refractivity contribution in [1.82, 2.24) is 14.5 Å². The lowest BCUT2D eigenvalue weighted by Crippen LogP contribution is -1.91. The molecule has 2 heterocycles. The minimum absolute atomic E-state index is 0.969. The van der Waals surface area contributed by atoms with Crippen molar-refractivity contribution < 1.29 is 0 Å². The summed E-state index contributed by atoms with van der Waals surface area (Å²) in [6.45, 7) is 3.81. The molecule has 0 amide bonds. The number of hydrogen-bond donors (Lipinski definition) is 0. The monoisotopic (exact) mass is 285 g/mol. The Bertz CT molecular complexity index is 994. The van der Waals surface area contributed by atoms with Crippen LogP contribution in [0.25, 0.3) is 39.0 Å². The van der Waals surface area contributed by atoms with Crippen molar-refractivity contribution in [2.75, 3.05) is 0 Å². The Hall–Kier alpha value is -2.94. The van der Waals surface area contributed by atoms with E-state index >= 15 is 0 Å². The maximum atomic E-state index is 4.42. The fourth-order valence-corrected chi connectivity index (χ4v) is 2.97. The minimum Gasteiger partial charge on any atom is -0.350 e. The molecule has 3 nitrogen and oxygen atoms in total. The van der Waals surface area contributed by atoms with Gasteiger partial charge in [0.15, 0.2) is 0 Å². The van der Waals surface area contributed by atoms with Crippen molar-refractivity contribution in [2.45, 2.75) is 0 Å². The van der Waals surface area contributed by atoms with Crippen LogP contribution in [-0.2, 0) is 7.05 Å². The van der Waals surface area contributed by atoms with Crippen LogP contribution in [0.3, 0.4) is 0 Å². The molecule has 0 spiro atoms. The van der Waals surface area contributed by atoms with E-state index in [1.807, 2.05) is 12.3 Å². The third kappa shape index (κ3) is 1.83. The molecule has 106 valence electrons. The maximum absolute atomic E-state index is 4.42. The van der Waals surface area contributed by atoms with Gasteiger partial charge in [-0.15, -0.1) is 0 Å². The zero-order valence-corrected chi connectivity index (χ0v) is 12.3. The summed E-state index contributed by atoms with van der Waals surface area (Å²) in [6.07, 6.45) is 7.42. The van der Waals surface area contributed by atoms with Crippen LogP contribution in [-0.4, -0.2) is 14.5 Å². The molecule has 0 N–H and O–H groups in total. The van der Waals surface area contributed by atoms with Gasteiger partial charge in [0, 0.05) is 35.8 Å². The first kappa shape index (κ1) is 12.8. The molecule has 4 aromatic rings. The van der Waals surface area contributed by atoms with Gasteiger partial charge in [-0.25, -0.2) is 9.97 Å². The third-order valence-corrected chi connectivity index (χ3v) is 4.10.